The molecule has 0 bridgehead atoms. The van der Waals surface area contributed by atoms with Crippen molar-refractivity contribution in [3.05, 3.63) is 36.1 Å². The van der Waals surface area contributed by atoms with Gasteiger partial charge in [-0.15, -0.1) is 0 Å². The topological polar surface area (TPSA) is 169 Å². The predicted molar refractivity (Wildman–Crippen MR) is 171 cm³/mol. The minimum Gasteiger partial charge on any atom is -0.464 e. The average molecular weight is 660 g/mol. The number of amides is 1. The lowest BCUT2D eigenvalue weighted by atomic mass is 10.1. The van der Waals surface area contributed by atoms with E-state index in [0.29, 0.717) is 10.8 Å². The van der Waals surface area contributed by atoms with Crippen molar-refractivity contribution in [2.75, 3.05) is 13.2 Å². The third-order valence-electron chi connectivity index (χ3n) is 6.18. The third kappa shape index (κ3) is 11.1. The summed E-state index contributed by atoms with van der Waals surface area (Å²) in [5.74, 6) is -0.342. The summed E-state index contributed by atoms with van der Waals surface area (Å²) in [5.41, 5.74) is -1.55. The maximum atomic E-state index is 12.9. The van der Waals surface area contributed by atoms with Gasteiger partial charge >= 0.3 is 24.4 Å². The van der Waals surface area contributed by atoms with Gasteiger partial charge in [0.25, 0.3) is 0 Å². The molecule has 258 valence electrons. The van der Waals surface area contributed by atoms with Crippen LogP contribution in [0.15, 0.2) is 34.7 Å². The van der Waals surface area contributed by atoms with Gasteiger partial charge < -0.3 is 43.3 Å². The molecule has 2 N–H and O–H groups in total. The Morgan fingerprint density at radius 1 is 0.830 bits per heavy atom. The molecule has 1 heterocycles. The van der Waals surface area contributed by atoms with Crippen LogP contribution in [0.3, 0.4) is 0 Å². The zero-order chi connectivity index (χ0) is 35.1. The van der Waals surface area contributed by atoms with Crippen LogP contribution in [0.25, 0.3) is 21.7 Å². The second kappa shape index (κ2) is 15.4. The standard InChI is InChI=1S/C34H45NO12/c1-19(2)18-42-29(37)24(35-30(38)46-33(4,5)6)15-12-16-41-31(39)44-26-21-13-10-11-14-22(21)27(45-32(40)47-34(7,8)9)28-23(26)17-25(43-28)20(3)36/h10-11,13-14,17,19-20,24,36H,12,15-16,18H2,1-9H3,(H,35,38)/t20?,24-/m0/s1. The Hall–Kier alpha value is -4.52. The van der Waals surface area contributed by atoms with E-state index in [1.54, 1.807) is 65.8 Å². The Morgan fingerprint density at radius 2 is 1.43 bits per heavy atom. The number of carbonyl (C=O) groups is 4. The van der Waals surface area contributed by atoms with Gasteiger partial charge in [0, 0.05) is 10.8 Å². The molecule has 47 heavy (non-hydrogen) atoms. The SMILES string of the molecule is CC(C)COC(=O)[C@H](CCCOC(=O)Oc1c2ccccc2c(OC(=O)OC(C)(C)C)c2oc(C(C)O)cc12)NC(=O)OC(C)(C)C. The fourth-order valence-corrected chi connectivity index (χ4v) is 4.27. The molecule has 0 aliphatic heterocycles. The van der Waals surface area contributed by atoms with E-state index in [1.807, 2.05) is 13.8 Å². The zero-order valence-corrected chi connectivity index (χ0v) is 28.4. The van der Waals surface area contributed by atoms with Crippen molar-refractivity contribution in [1.82, 2.24) is 5.32 Å². The summed E-state index contributed by atoms with van der Waals surface area (Å²) in [7, 11) is 0. The lowest BCUT2D eigenvalue weighted by molar-refractivity contribution is -0.147. The number of hydrogen-bond acceptors (Lipinski definition) is 12. The van der Waals surface area contributed by atoms with E-state index in [1.165, 1.54) is 13.0 Å². The van der Waals surface area contributed by atoms with Gasteiger partial charge in [-0.3, -0.25) is 0 Å². The maximum Gasteiger partial charge on any atom is 0.514 e. The van der Waals surface area contributed by atoms with Crippen molar-refractivity contribution in [3.63, 3.8) is 0 Å². The highest BCUT2D eigenvalue weighted by Gasteiger charge is 2.28. The third-order valence-corrected chi connectivity index (χ3v) is 6.18. The fraction of sp³-hybridized carbons (Fsp3) is 0.529. The van der Waals surface area contributed by atoms with Gasteiger partial charge in [0.15, 0.2) is 17.1 Å². The number of aliphatic hydroxyl groups excluding tert-OH is 1. The molecule has 3 aromatic rings. The Morgan fingerprint density at radius 3 is 2.00 bits per heavy atom. The Balaban J connectivity index is 1.80. The van der Waals surface area contributed by atoms with Gasteiger partial charge in [0.1, 0.15) is 29.1 Å². The second-order valence-electron chi connectivity index (χ2n) is 13.4. The van der Waals surface area contributed by atoms with Crippen LogP contribution in [0.1, 0.15) is 87.0 Å². The number of alkyl carbamates (subject to hydrolysis) is 1. The van der Waals surface area contributed by atoms with Crippen molar-refractivity contribution in [1.29, 1.82) is 0 Å². The van der Waals surface area contributed by atoms with Crippen molar-refractivity contribution in [2.24, 2.45) is 5.92 Å². The molecule has 0 saturated heterocycles. The molecule has 1 aromatic heterocycles. The van der Waals surface area contributed by atoms with Crippen molar-refractivity contribution in [2.45, 2.75) is 98.5 Å². The molecule has 13 heteroatoms. The van der Waals surface area contributed by atoms with Crippen molar-refractivity contribution in [3.8, 4) is 11.5 Å². The number of hydrogen-bond donors (Lipinski definition) is 2. The highest BCUT2D eigenvalue weighted by molar-refractivity contribution is 6.10. The van der Waals surface area contributed by atoms with Crippen molar-refractivity contribution >= 4 is 46.1 Å². The number of aliphatic hydroxyl groups is 1. The van der Waals surface area contributed by atoms with E-state index in [4.69, 9.17) is 32.8 Å². The quantitative estimate of drug-likeness (QED) is 0.0910. The molecule has 0 saturated carbocycles. The number of fused-ring (bicyclic) bond motifs is 2. The first-order chi connectivity index (χ1) is 21.8. The van der Waals surface area contributed by atoms with Crippen LogP contribution in [0.2, 0.25) is 0 Å². The lowest BCUT2D eigenvalue weighted by Crippen LogP contribution is -2.44. The molecule has 2 aromatic carbocycles. The maximum absolute atomic E-state index is 12.9. The first kappa shape index (κ1) is 36.9. The number of carbonyl (C=O) groups excluding carboxylic acids is 4. The van der Waals surface area contributed by atoms with Gasteiger partial charge in [0.05, 0.1) is 18.6 Å². The monoisotopic (exact) mass is 659 g/mol. The van der Waals surface area contributed by atoms with Crippen molar-refractivity contribution < 1.29 is 57.1 Å². The minimum atomic E-state index is -1.06. The van der Waals surface area contributed by atoms with Crippen LogP contribution >= 0.6 is 0 Å². The fourth-order valence-electron chi connectivity index (χ4n) is 4.27. The summed E-state index contributed by atoms with van der Waals surface area (Å²) in [6.45, 7) is 15.5. The molecule has 0 aliphatic rings. The van der Waals surface area contributed by atoms with Crippen LogP contribution in [0.4, 0.5) is 14.4 Å². The van der Waals surface area contributed by atoms with Gasteiger partial charge in [-0.05, 0) is 73.3 Å². The van der Waals surface area contributed by atoms with Gasteiger partial charge in [0.2, 0.25) is 0 Å². The Labute approximate surface area is 273 Å². The Kier molecular flexibility index (Phi) is 12.1. The van der Waals surface area contributed by atoms with Crippen LogP contribution in [-0.2, 0) is 23.7 Å². The zero-order valence-electron chi connectivity index (χ0n) is 28.4. The van der Waals surface area contributed by atoms with Crippen LogP contribution in [0.5, 0.6) is 11.5 Å². The minimum absolute atomic E-state index is 0.0188. The van der Waals surface area contributed by atoms with Gasteiger partial charge in [-0.1, -0.05) is 38.1 Å². The highest BCUT2D eigenvalue weighted by Crippen LogP contribution is 2.45. The average Bonchev–Trinajstić information content (AvgIpc) is 3.39. The molecule has 0 aliphatic carbocycles. The van der Waals surface area contributed by atoms with Crippen LogP contribution in [0, 0.1) is 5.92 Å². The molecule has 1 amide bonds. The second-order valence-corrected chi connectivity index (χ2v) is 13.4. The first-order valence-corrected chi connectivity index (χ1v) is 15.4. The lowest BCUT2D eigenvalue weighted by Gasteiger charge is -2.23. The van der Waals surface area contributed by atoms with E-state index in [0.717, 1.165) is 0 Å². The summed E-state index contributed by atoms with van der Waals surface area (Å²) >= 11 is 0. The summed E-state index contributed by atoms with van der Waals surface area (Å²) in [6, 6.07) is 7.15. The number of furan rings is 1. The number of ether oxygens (including phenoxy) is 6. The normalized spacial score (nSPS) is 13.2. The molecule has 13 nitrogen and oxygen atoms in total. The molecule has 1 unspecified atom stereocenters. The Bertz CT molecular complexity index is 1580. The molecule has 0 fully saturated rings. The summed E-state index contributed by atoms with van der Waals surface area (Å²) in [4.78, 5) is 50.6. The molecule has 3 rings (SSSR count). The van der Waals surface area contributed by atoms with E-state index in [2.05, 4.69) is 5.32 Å². The number of rotatable bonds is 11. The largest absolute Gasteiger partial charge is 0.514 e. The highest BCUT2D eigenvalue weighted by atomic mass is 16.7. The number of esters is 1. The summed E-state index contributed by atoms with van der Waals surface area (Å²) in [6.07, 6.45) is -3.59. The molecular formula is C34H45NO12. The molecule has 0 spiro atoms. The van der Waals surface area contributed by atoms with E-state index in [9.17, 15) is 24.3 Å². The van der Waals surface area contributed by atoms with Gasteiger partial charge in [-0.25, -0.2) is 19.2 Å². The van der Waals surface area contributed by atoms with E-state index in [-0.39, 0.29) is 60.2 Å². The van der Waals surface area contributed by atoms with E-state index >= 15 is 0 Å². The van der Waals surface area contributed by atoms with E-state index < -0.39 is 47.7 Å². The summed E-state index contributed by atoms with van der Waals surface area (Å²) in [5, 5.41) is 13.8. The van der Waals surface area contributed by atoms with Crippen LogP contribution in [-0.4, -0.2) is 59.9 Å². The first-order valence-electron chi connectivity index (χ1n) is 15.4. The van der Waals surface area contributed by atoms with Crippen LogP contribution < -0.4 is 14.8 Å². The summed E-state index contributed by atoms with van der Waals surface area (Å²) < 4.78 is 38.3. The van der Waals surface area contributed by atoms with Gasteiger partial charge in [-0.2, -0.15) is 0 Å². The molecule has 2 atom stereocenters. The number of benzene rings is 2. The molecular weight excluding hydrogens is 614 g/mol. The molecule has 0 radical (unpaired) electrons. The number of nitrogens with one attached hydrogen (secondary N) is 1. The smallest absolute Gasteiger partial charge is 0.464 e. The predicted octanol–water partition coefficient (Wildman–Crippen LogP) is 7.34.